The summed E-state index contributed by atoms with van der Waals surface area (Å²) in [5.74, 6) is 0.946. The van der Waals surface area contributed by atoms with Crippen LogP contribution >= 0.6 is 35.4 Å². The Morgan fingerprint density at radius 2 is 1.83 bits per heavy atom. The number of benzene rings is 3. The highest BCUT2D eigenvalue weighted by Gasteiger charge is 2.18. The first-order valence-corrected chi connectivity index (χ1v) is 12.6. The Balaban J connectivity index is 1.36. The highest BCUT2D eigenvalue weighted by atomic mass is 35.5. The Bertz CT molecular complexity index is 1410. The molecule has 186 valence electrons. The van der Waals surface area contributed by atoms with Gasteiger partial charge in [0.05, 0.1) is 5.02 Å². The van der Waals surface area contributed by atoms with Gasteiger partial charge in [0.15, 0.2) is 16.8 Å². The highest BCUT2D eigenvalue weighted by molar-refractivity contribution is 7.80. The summed E-state index contributed by atoms with van der Waals surface area (Å²) in [6, 6.07) is 18.3. The molecule has 6 nitrogen and oxygen atoms in total. The van der Waals surface area contributed by atoms with Crippen LogP contribution in [0.1, 0.15) is 38.7 Å². The SMILES string of the molecule is CCC(C)c1ccc2oc(-c3ccc(NC(=S)NC(=O)C(C)Oc4ccc(Cl)cc4Cl)cc3)nc2c1. The molecule has 2 N–H and O–H groups in total. The third-order valence-electron chi connectivity index (χ3n) is 5.79. The monoisotopic (exact) mass is 541 g/mol. The Kier molecular flexibility index (Phi) is 8.14. The van der Waals surface area contributed by atoms with Crippen molar-refractivity contribution in [2.75, 3.05) is 5.32 Å². The lowest BCUT2D eigenvalue weighted by atomic mass is 9.98. The minimum Gasteiger partial charge on any atom is -0.479 e. The number of amides is 1. The molecule has 0 radical (unpaired) electrons. The van der Waals surface area contributed by atoms with Gasteiger partial charge in [0, 0.05) is 16.3 Å². The number of fused-ring (bicyclic) bond motifs is 1. The summed E-state index contributed by atoms with van der Waals surface area (Å²) >= 11 is 17.3. The molecule has 0 aliphatic heterocycles. The van der Waals surface area contributed by atoms with Crippen molar-refractivity contribution in [3.05, 3.63) is 76.3 Å². The Morgan fingerprint density at radius 3 is 2.53 bits per heavy atom. The van der Waals surface area contributed by atoms with Gasteiger partial charge in [-0.2, -0.15) is 0 Å². The van der Waals surface area contributed by atoms with E-state index in [-0.39, 0.29) is 5.11 Å². The van der Waals surface area contributed by atoms with E-state index in [1.165, 1.54) is 5.56 Å². The standard InChI is InChI=1S/C27H25Cl2N3O3S/c1-4-15(2)18-7-11-24-22(13-18)31-26(35-24)17-5-9-20(10-6-17)30-27(36)32-25(33)16(3)34-23-12-8-19(28)14-21(23)29/h5-16H,4H2,1-3H3,(H2,30,32,33,36). The molecule has 3 aromatic carbocycles. The smallest absolute Gasteiger partial charge is 0.266 e. The summed E-state index contributed by atoms with van der Waals surface area (Å²) in [6.07, 6.45) is 0.237. The van der Waals surface area contributed by atoms with Crippen LogP contribution in [0.3, 0.4) is 0 Å². The minimum atomic E-state index is -0.828. The third kappa shape index (κ3) is 6.16. The molecule has 0 saturated heterocycles. The summed E-state index contributed by atoms with van der Waals surface area (Å²) in [5, 5.41) is 6.55. The Labute approximate surface area is 225 Å². The van der Waals surface area contributed by atoms with E-state index in [0.717, 1.165) is 23.1 Å². The zero-order chi connectivity index (χ0) is 25.8. The van der Waals surface area contributed by atoms with Crippen molar-refractivity contribution in [2.45, 2.75) is 39.2 Å². The van der Waals surface area contributed by atoms with Gasteiger partial charge in [-0.05, 0) is 91.6 Å². The summed E-state index contributed by atoms with van der Waals surface area (Å²) in [6.45, 7) is 5.97. The van der Waals surface area contributed by atoms with E-state index in [1.807, 2.05) is 30.3 Å². The molecule has 2 atom stereocenters. The maximum atomic E-state index is 12.5. The molecule has 1 aromatic heterocycles. The fourth-order valence-corrected chi connectivity index (χ4v) is 4.17. The van der Waals surface area contributed by atoms with Gasteiger partial charge < -0.3 is 14.5 Å². The average molecular weight is 542 g/mol. The van der Waals surface area contributed by atoms with E-state index in [0.29, 0.717) is 33.3 Å². The third-order valence-corrected chi connectivity index (χ3v) is 6.52. The predicted octanol–water partition coefficient (Wildman–Crippen LogP) is 7.60. The summed E-state index contributed by atoms with van der Waals surface area (Å²) < 4.78 is 11.6. The van der Waals surface area contributed by atoms with Crippen LogP contribution in [0.25, 0.3) is 22.6 Å². The van der Waals surface area contributed by atoms with E-state index < -0.39 is 12.0 Å². The first-order chi connectivity index (χ1) is 17.2. The average Bonchev–Trinajstić information content (AvgIpc) is 3.29. The van der Waals surface area contributed by atoms with Crippen molar-refractivity contribution < 1.29 is 13.9 Å². The van der Waals surface area contributed by atoms with Crippen molar-refractivity contribution in [2.24, 2.45) is 0 Å². The first kappa shape index (κ1) is 25.9. The number of aromatic nitrogens is 1. The molecule has 0 bridgehead atoms. The van der Waals surface area contributed by atoms with Crippen LogP contribution in [0, 0.1) is 0 Å². The number of carbonyl (C=O) groups is 1. The van der Waals surface area contributed by atoms with E-state index in [1.54, 1.807) is 25.1 Å². The number of halogens is 2. The first-order valence-electron chi connectivity index (χ1n) is 11.5. The van der Waals surface area contributed by atoms with Gasteiger partial charge >= 0.3 is 0 Å². The molecule has 1 heterocycles. The van der Waals surface area contributed by atoms with Crippen LogP contribution in [-0.4, -0.2) is 22.1 Å². The predicted molar refractivity (Wildman–Crippen MR) is 149 cm³/mol. The van der Waals surface area contributed by atoms with Gasteiger partial charge in [-0.15, -0.1) is 0 Å². The van der Waals surface area contributed by atoms with Crippen LogP contribution < -0.4 is 15.4 Å². The van der Waals surface area contributed by atoms with Crippen molar-refractivity contribution in [1.82, 2.24) is 10.3 Å². The number of rotatable bonds is 7. The van der Waals surface area contributed by atoms with E-state index in [2.05, 4.69) is 41.6 Å². The van der Waals surface area contributed by atoms with Crippen molar-refractivity contribution in [3.8, 4) is 17.2 Å². The number of hydrogen-bond acceptors (Lipinski definition) is 5. The van der Waals surface area contributed by atoms with Crippen molar-refractivity contribution in [1.29, 1.82) is 0 Å². The zero-order valence-corrected chi connectivity index (χ0v) is 22.3. The van der Waals surface area contributed by atoms with Crippen LogP contribution in [0.5, 0.6) is 5.75 Å². The molecule has 0 aliphatic rings. The number of oxazole rings is 1. The Hall–Kier alpha value is -3.13. The van der Waals surface area contributed by atoms with Gasteiger partial charge in [0.25, 0.3) is 5.91 Å². The minimum absolute atomic E-state index is 0.143. The molecule has 4 aromatic rings. The number of hydrogen-bond donors (Lipinski definition) is 2. The maximum absolute atomic E-state index is 12.5. The van der Waals surface area contributed by atoms with Crippen LogP contribution in [0.15, 0.2) is 65.1 Å². The number of nitrogens with zero attached hydrogens (tertiary/aromatic N) is 1. The van der Waals surface area contributed by atoms with Crippen molar-refractivity contribution in [3.63, 3.8) is 0 Å². The largest absolute Gasteiger partial charge is 0.479 e. The topological polar surface area (TPSA) is 76.4 Å². The van der Waals surface area contributed by atoms with Crippen LogP contribution in [0.4, 0.5) is 5.69 Å². The fraction of sp³-hybridized carbons (Fsp3) is 0.222. The Morgan fingerprint density at radius 1 is 1.08 bits per heavy atom. The quantitative estimate of drug-likeness (QED) is 0.234. The summed E-state index contributed by atoms with van der Waals surface area (Å²) in [4.78, 5) is 17.1. The van der Waals surface area contributed by atoms with Gasteiger partial charge in [-0.3, -0.25) is 10.1 Å². The molecule has 1 amide bonds. The van der Waals surface area contributed by atoms with Gasteiger partial charge in [0.1, 0.15) is 11.3 Å². The van der Waals surface area contributed by atoms with Crippen LogP contribution in [0.2, 0.25) is 10.0 Å². The molecule has 36 heavy (non-hydrogen) atoms. The lowest BCUT2D eigenvalue weighted by Crippen LogP contribution is -2.42. The van der Waals surface area contributed by atoms with E-state index >= 15 is 0 Å². The van der Waals surface area contributed by atoms with E-state index in [9.17, 15) is 4.79 Å². The second-order valence-electron chi connectivity index (χ2n) is 8.41. The molecule has 0 spiro atoms. The van der Waals surface area contributed by atoms with Crippen LogP contribution in [-0.2, 0) is 4.79 Å². The maximum Gasteiger partial charge on any atom is 0.266 e. The molecule has 0 fully saturated rings. The molecular weight excluding hydrogens is 517 g/mol. The zero-order valence-electron chi connectivity index (χ0n) is 20.0. The second-order valence-corrected chi connectivity index (χ2v) is 9.66. The van der Waals surface area contributed by atoms with Gasteiger partial charge in [-0.25, -0.2) is 4.98 Å². The number of nitrogens with one attached hydrogen (secondary N) is 2. The van der Waals surface area contributed by atoms with Gasteiger partial charge in [-0.1, -0.05) is 43.1 Å². The fourth-order valence-electron chi connectivity index (χ4n) is 3.50. The van der Waals surface area contributed by atoms with Crippen molar-refractivity contribution >= 4 is 63.2 Å². The lowest BCUT2D eigenvalue weighted by Gasteiger charge is -2.16. The number of ether oxygens (including phenoxy) is 1. The molecule has 0 aliphatic carbocycles. The van der Waals surface area contributed by atoms with Gasteiger partial charge in [0.2, 0.25) is 5.89 Å². The molecule has 4 rings (SSSR count). The molecular formula is C27H25Cl2N3O3S. The highest BCUT2D eigenvalue weighted by Crippen LogP contribution is 2.29. The molecule has 9 heteroatoms. The normalized spacial score (nSPS) is 12.7. The molecule has 2 unspecified atom stereocenters. The number of carbonyl (C=O) groups excluding carboxylic acids is 1. The summed E-state index contributed by atoms with van der Waals surface area (Å²) in [7, 11) is 0. The summed E-state index contributed by atoms with van der Waals surface area (Å²) in [5.41, 5.74) is 4.37. The lowest BCUT2D eigenvalue weighted by molar-refractivity contribution is -0.125. The number of anilines is 1. The second kappa shape index (κ2) is 11.3. The van der Waals surface area contributed by atoms with E-state index in [4.69, 9.17) is 44.6 Å². The molecule has 0 saturated carbocycles. The number of thiocarbonyl (C=S) groups is 1.